The molecule has 0 saturated heterocycles. The molecule has 3 aliphatic carbocycles. The standard InChI is InChI=1S/C68H57NO2/c1-38-19-11-12-20-43(38)49-37-53-56(58-47-22-14-17-25-54(47)70-63(49)58)45-33-31-41(35-51(45)66(53,5)6)69(40-29-27-39(28-30-40)65(2,3)4)42-32-34-46-52(36-42)68(9,10)61-57(46)59-48-23-15-18-26-55(48)71-64(59)60-44-21-13-16-24-50(44)67(7,8)62(60)61/h11-37H,1-10H3. The molecule has 0 spiro atoms. The van der Waals surface area contributed by atoms with E-state index in [1.54, 1.807) is 0 Å². The highest BCUT2D eigenvalue weighted by Crippen LogP contribution is 2.64. The molecule has 346 valence electrons. The van der Waals surface area contributed by atoms with Crippen molar-refractivity contribution >= 4 is 60.9 Å². The summed E-state index contributed by atoms with van der Waals surface area (Å²) in [7, 11) is 0. The first-order valence-corrected chi connectivity index (χ1v) is 25.4. The van der Waals surface area contributed by atoms with E-state index in [-0.39, 0.29) is 21.7 Å². The van der Waals surface area contributed by atoms with Crippen molar-refractivity contribution in [3.63, 3.8) is 0 Å². The van der Waals surface area contributed by atoms with Gasteiger partial charge in [0.2, 0.25) is 0 Å². The Balaban J connectivity index is 0.994. The van der Waals surface area contributed by atoms with Crippen LogP contribution in [0.25, 0.3) is 88.4 Å². The minimum atomic E-state index is -0.326. The number of anilines is 3. The molecule has 3 nitrogen and oxygen atoms in total. The topological polar surface area (TPSA) is 29.5 Å². The van der Waals surface area contributed by atoms with Gasteiger partial charge in [-0.25, -0.2) is 0 Å². The number of furan rings is 2. The van der Waals surface area contributed by atoms with E-state index >= 15 is 0 Å². The maximum absolute atomic E-state index is 7.00. The van der Waals surface area contributed by atoms with Crippen LogP contribution in [0.4, 0.5) is 17.1 Å². The van der Waals surface area contributed by atoms with Crippen LogP contribution in [0.2, 0.25) is 0 Å². The lowest BCUT2D eigenvalue weighted by atomic mass is 9.72. The second kappa shape index (κ2) is 14.0. The van der Waals surface area contributed by atoms with Gasteiger partial charge in [-0.15, -0.1) is 0 Å². The molecule has 0 amide bonds. The molecule has 0 saturated carbocycles. The Hall–Kier alpha value is -7.62. The highest BCUT2D eigenvalue weighted by Gasteiger charge is 2.49. The summed E-state index contributed by atoms with van der Waals surface area (Å²) in [4.78, 5) is 2.50. The predicted octanol–water partition coefficient (Wildman–Crippen LogP) is 19.1. The van der Waals surface area contributed by atoms with E-state index in [1.807, 2.05) is 0 Å². The molecule has 71 heavy (non-hydrogen) atoms. The van der Waals surface area contributed by atoms with Crippen molar-refractivity contribution in [2.75, 3.05) is 4.90 Å². The average molecular weight is 920 g/mol. The van der Waals surface area contributed by atoms with E-state index in [0.717, 1.165) is 50.3 Å². The number of benzene rings is 9. The van der Waals surface area contributed by atoms with E-state index < -0.39 is 0 Å². The fourth-order valence-electron chi connectivity index (χ4n) is 13.5. The molecule has 0 unspecified atom stereocenters. The van der Waals surface area contributed by atoms with Crippen LogP contribution in [-0.2, 0) is 21.7 Å². The SMILES string of the molecule is Cc1ccccc1-c1cc2c(c3c1oc1ccccc13)-c1ccc(N(c3ccc(C(C)(C)C)cc3)c3ccc4c(c3)C(C)(C)c3c5c(c6oc7ccccc7c6c3-4)-c3ccccc3C5(C)C)cc1C2(C)C. The Bertz CT molecular complexity index is 4120. The van der Waals surface area contributed by atoms with Gasteiger partial charge >= 0.3 is 0 Å². The van der Waals surface area contributed by atoms with Crippen LogP contribution in [-0.4, -0.2) is 0 Å². The number of hydrogen-bond acceptors (Lipinski definition) is 3. The maximum atomic E-state index is 7.00. The first-order chi connectivity index (χ1) is 34.0. The smallest absolute Gasteiger partial charge is 0.144 e. The van der Waals surface area contributed by atoms with Gasteiger partial charge in [0.15, 0.2) is 0 Å². The Morgan fingerprint density at radius 2 is 0.887 bits per heavy atom. The maximum Gasteiger partial charge on any atom is 0.144 e. The van der Waals surface area contributed by atoms with E-state index in [0.29, 0.717) is 0 Å². The fourth-order valence-corrected chi connectivity index (χ4v) is 13.5. The fraction of sp³-hybridized carbons (Fsp3) is 0.206. The van der Waals surface area contributed by atoms with Gasteiger partial charge in [-0.1, -0.05) is 172 Å². The Labute approximate surface area is 416 Å². The van der Waals surface area contributed by atoms with Crippen LogP contribution in [0.5, 0.6) is 0 Å². The second-order valence-electron chi connectivity index (χ2n) is 23.3. The number of fused-ring (bicyclic) bond motifs is 19. The zero-order chi connectivity index (χ0) is 48.7. The first kappa shape index (κ1) is 42.3. The van der Waals surface area contributed by atoms with Gasteiger partial charge in [0.05, 0.1) is 0 Å². The van der Waals surface area contributed by atoms with Gasteiger partial charge < -0.3 is 13.7 Å². The van der Waals surface area contributed by atoms with Crippen LogP contribution in [0.3, 0.4) is 0 Å². The van der Waals surface area contributed by atoms with Crippen molar-refractivity contribution in [2.24, 2.45) is 0 Å². The molecule has 9 aromatic carbocycles. The predicted molar refractivity (Wildman–Crippen MR) is 297 cm³/mol. The number of hydrogen-bond donors (Lipinski definition) is 0. The van der Waals surface area contributed by atoms with Gasteiger partial charge in [0, 0.05) is 66.0 Å². The van der Waals surface area contributed by atoms with Gasteiger partial charge in [-0.05, 0) is 145 Å². The van der Waals surface area contributed by atoms with Crippen LogP contribution in [0.15, 0.2) is 173 Å². The third-order valence-electron chi connectivity index (χ3n) is 17.1. The summed E-state index contributed by atoms with van der Waals surface area (Å²) < 4.78 is 13.9. The minimum absolute atomic E-state index is 0.0200. The third kappa shape index (κ3) is 5.55. The summed E-state index contributed by atoms with van der Waals surface area (Å²) in [5.41, 5.74) is 27.1. The van der Waals surface area contributed by atoms with Crippen LogP contribution in [0.1, 0.15) is 107 Å². The lowest BCUT2D eigenvalue weighted by molar-refractivity contribution is 0.590. The van der Waals surface area contributed by atoms with E-state index in [1.165, 1.54) is 99.6 Å². The lowest BCUT2D eigenvalue weighted by Crippen LogP contribution is -2.24. The normalized spacial score (nSPS) is 15.5. The molecule has 0 bridgehead atoms. The molecule has 2 aromatic heterocycles. The molecule has 0 radical (unpaired) electrons. The number of nitrogens with zero attached hydrogens (tertiary/aromatic N) is 1. The van der Waals surface area contributed by atoms with Crippen molar-refractivity contribution in [1.82, 2.24) is 0 Å². The van der Waals surface area contributed by atoms with E-state index in [4.69, 9.17) is 8.83 Å². The molecule has 0 atom stereocenters. The first-order valence-electron chi connectivity index (χ1n) is 25.4. The van der Waals surface area contributed by atoms with Gasteiger partial charge in [0.1, 0.15) is 22.3 Å². The van der Waals surface area contributed by atoms with Crippen LogP contribution in [0, 0.1) is 6.92 Å². The Kier molecular flexibility index (Phi) is 8.36. The zero-order valence-corrected chi connectivity index (χ0v) is 42.4. The third-order valence-corrected chi connectivity index (χ3v) is 17.1. The van der Waals surface area contributed by atoms with Crippen LogP contribution >= 0.6 is 0 Å². The summed E-state index contributed by atoms with van der Waals surface area (Å²) in [5.74, 6) is 0. The Morgan fingerprint density at radius 3 is 1.54 bits per heavy atom. The highest BCUT2D eigenvalue weighted by molar-refractivity contribution is 6.21. The Morgan fingerprint density at radius 1 is 0.394 bits per heavy atom. The van der Waals surface area contributed by atoms with Crippen molar-refractivity contribution in [3.05, 3.63) is 208 Å². The summed E-state index contributed by atoms with van der Waals surface area (Å²) in [6.45, 7) is 23.6. The number of aryl methyl sites for hydroxylation is 1. The van der Waals surface area contributed by atoms with Gasteiger partial charge in [-0.3, -0.25) is 0 Å². The summed E-state index contributed by atoms with van der Waals surface area (Å²) >= 11 is 0. The summed E-state index contributed by atoms with van der Waals surface area (Å²) in [6.07, 6.45) is 0. The monoisotopic (exact) mass is 919 g/mol. The van der Waals surface area contributed by atoms with Crippen molar-refractivity contribution in [2.45, 2.75) is 90.9 Å². The molecule has 0 aliphatic heterocycles. The van der Waals surface area contributed by atoms with Crippen molar-refractivity contribution in [3.8, 4) is 44.5 Å². The summed E-state index contributed by atoms with van der Waals surface area (Å²) in [5, 5.41) is 4.75. The van der Waals surface area contributed by atoms with Crippen molar-refractivity contribution < 1.29 is 8.83 Å². The van der Waals surface area contributed by atoms with Crippen LogP contribution < -0.4 is 4.90 Å². The van der Waals surface area contributed by atoms with E-state index in [9.17, 15) is 0 Å². The molecule has 0 N–H and O–H groups in total. The molecule has 0 fully saturated rings. The molecular formula is C68H57NO2. The second-order valence-corrected chi connectivity index (χ2v) is 23.3. The number of para-hydroxylation sites is 2. The average Bonchev–Trinajstić information content (AvgIpc) is 4.11. The highest BCUT2D eigenvalue weighted by atomic mass is 16.3. The number of rotatable bonds is 4. The van der Waals surface area contributed by atoms with Gasteiger partial charge in [0.25, 0.3) is 0 Å². The minimum Gasteiger partial charge on any atom is -0.455 e. The molecular weight excluding hydrogens is 863 g/mol. The molecule has 11 aromatic rings. The van der Waals surface area contributed by atoms with E-state index in [2.05, 4.69) is 238 Å². The summed E-state index contributed by atoms with van der Waals surface area (Å²) in [6, 6.07) is 61.1. The molecule has 3 aliphatic rings. The largest absolute Gasteiger partial charge is 0.455 e. The lowest BCUT2D eigenvalue weighted by Gasteiger charge is -2.32. The van der Waals surface area contributed by atoms with Crippen molar-refractivity contribution in [1.29, 1.82) is 0 Å². The molecule has 3 heteroatoms. The van der Waals surface area contributed by atoms with Gasteiger partial charge in [-0.2, -0.15) is 0 Å². The quantitative estimate of drug-likeness (QED) is 0.176. The molecule has 14 rings (SSSR count). The zero-order valence-electron chi connectivity index (χ0n) is 42.4. The molecule has 2 heterocycles.